The standard InChI is InChI=1S/C9H10BrClO2/c1-5(12)7-3-6(10)4-8(11)9(7)13-2/h3-5,12H,1-2H3. The molecule has 1 atom stereocenters. The van der Waals surface area contributed by atoms with Gasteiger partial charge in [0.2, 0.25) is 0 Å². The average Bonchev–Trinajstić information content (AvgIpc) is 2.02. The van der Waals surface area contributed by atoms with Crippen LogP contribution in [0.5, 0.6) is 5.75 Å². The van der Waals surface area contributed by atoms with Crippen LogP contribution in [0.2, 0.25) is 5.02 Å². The van der Waals surface area contributed by atoms with Crippen LogP contribution >= 0.6 is 27.5 Å². The van der Waals surface area contributed by atoms with Gasteiger partial charge in [-0.2, -0.15) is 0 Å². The summed E-state index contributed by atoms with van der Waals surface area (Å²) in [6, 6.07) is 3.52. The molecular weight excluding hydrogens is 255 g/mol. The largest absolute Gasteiger partial charge is 0.495 e. The fourth-order valence-corrected chi connectivity index (χ4v) is 2.02. The van der Waals surface area contributed by atoms with E-state index < -0.39 is 6.10 Å². The highest BCUT2D eigenvalue weighted by Gasteiger charge is 2.13. The molecular formula is C9H10BrClO2. The van der Waals surface area contributed by atoms with Crippen molar-refractivity contribution in [3.63, 3.8) is 0 Å². The molecule has 0 radical (unpaired) electrons. The Morgan fingerprint density at radius 2 is 2.15 bits per heavy atom. The summed E-state index contributed by atoms with van der Waals surface area (Å²) < 4.78 is 5.91. The van der Waals surface area contributed by atoms with Gasteiger partial charge in [0.05, 0.1) is 18.2 Å². The number of rotatable bonds is 2. The molecule has 1 aromatic carbocycles. The van der Waals surface area contributed by atoms with Gasteiger partial charge in [0, 0.05) is 10.0 Å². The molecule has 0 bridgehead atoms. The average molecular weight is 266 g/mol. The molecule has 1 rings (SSSR count). The van der Waals surface area contributed by atoms with Gasteiger partial charge in [-0.15, -0.1) is 0 Å². The molecule has 1 unspecified atom stereocenters. The van der Waals surface area contributed by atoms with Crippen LogP contribution in [0.15, 0.2) is 16.6 Å². The Morgan fingerprint density at radius 3 is 2.62 bits per heavy atom. The second kappa shape index (κ2) is 4.31. The Kier molecular flexibility index (Phi) is 3.59. The Bertz CT molecular complexity index is 313. The summed E-state index contributed by atoms with van der Waals surface area (Å²) in [6.07, 6.45) is -0.593. The zero-order valence-electron chi connectivity index (χ0n) is 7.34. The smallest absolute Gasteiger partial charge is 0.143 e. The summed E-state index contributed by atoms with van der Waals surface area (Å²) in [5, 5.41) is 9.92. The fraction of sp³-hybridized carbons (Fsp3) is 0.333. The molecule has 0 aromatic heterocycles. The maximum absolute atomic E-state index is 9.43. The number of hydrogen-bond donors (Lipinski definition) is 1. The summed E-state index contributed by atoms with van der Waals surface area (Å²) in [5.41, 5.74) is 0.682. The van der Waals surface area contributed by atoms with Crippen molar-refractivity contribution in [1.82, 2.24) is 0 Å². The van der Waals surface area contributed by atoms with Crippen molar-refractivity contribution in [2.24, 2.45) is 0 Å². The molecule has 2 nitrogen and oxygen atoms in total. The first-order valence-corrected chi connectivity index (χ1v) is 4.94. The minimum absolute atomic E-state index is 0.493. The molecule has 0 aliphatic carbocycles. The zero-order valence-corrected chi connectivity index (χ0v) is 9.69. The minimum Gasteiger partial charge on any atom is -0.495 e. The van der Waals surface area contributed by atoms with Crippen LogP contribution in [0.1, 0.15) is 18.6 Å². The van der Waals surface area contributed by atoms with E-state index in [2.05, 4.69) is 15.9 Å². The highest BCUT2D eigenvalue weighted by Crippen LogP contribution is 2.35. The molecule has 1 N–H and O–H groups in total. The van der Waals surface area contributed by atoms with Gasteiger partial charge in [-0.25, -0.2) is 0 Å². The van der Waals surface area contributed by atoms with Gasteiger partial charge < -0.3 is 9.84 Å². The van der Waals surface area contributed by atoms with E-state index in [0.717, 1.165) is 4.47 Å². The molecule has 0 saturated heterocycles. The Labute approximate surface area is 90.6 Å². The maximum atomic E-state index is 9.43. The summed E-state index contributed by atoms with van der Waals surface area (Å²) in [4.78, 5) is 0. The number of benzene rings is 1. The van der Waals surface area contributed by atoms with Crippen LogP contribution in [0.4, 0.5) is 0 Å². The van der Waals surface area contributed by atoms with E-state index in [4.69, 9.17) is 16.3 Å². The molecule has 4 heteroatoms. The van der Waals surface area contributed by atoms with Crippen LogP contribution in [-0.2, 0) is 0 Å². The zero-order chi connectivity index (χ0) is 10.0. The monoisotopic (exact) mass is 264 g/mol. The van der Waals surface area contributed by atoms with Gasteiger partial charge in [0.15, 0.2) is 0 Å². The third-order valence-corrected chi connectivity index (χ3v) is 2.43. The molecule has 0 spiro atoms. The molecule has 0 fully saturated rings. The number of aliphatic hydroxyl groups is 1. The summed E-state index contributed by atoms with van der Waals surface area (Å²) in [5.74, 6) is 0.528. The van der Waals surface area contributed by atoms with E-state index in [1.807, 2.05) is 0 Å². The molecule has 0 amide bonds. The third-order valence-electron chi connectivity index (χ3n) is 1.69. The number of hydrogen-bond acceptors (Lipinski definition) is 2. The molecule has 0 saturated carbocycles. The van der Waals surface area contributed by atoms with Crippen molar-refractivity contribution in [1.29, 1.82) is 0 Å². The van der Waals surface area contributed by atoms with E-state index >= 15 is 0 Å². The van der Waals surface area contributed by atoms with Gasteiger partial charge in [0.25, 0.3) is 0 Å². The number of methoxy groups -OCH3 is 1. The van der Waals surface area contributed by atoms with Crippen LogP contribution in [0, 0.1) is 0 Å². The molecule has 0 aliphatic rings. The van der Waals surface area contributed by atoms with Crippen molar-refractivity contribution in [3.8, 4) is 5.75 Å². The summed E-state index contributed by atoms with van der Waals surface area (Å²) in [6.45, 7) is 1.67. The SMILES string of the molecule is COc1c(Cl)cc(Br)cc1C(C)O. The summed E-state index contributed by atoms with van der Waals surface area (Å²) >= 11 is 9.21. The molecule has 0 aliphatic heterocycles. The molecule has 72 valence electrons. The van der Waals surface area contributed by atoms with Crippen molar-refractivity contribution in [3.05, 3.63) is 27.2 Å². The molecule has 0 heterocycles. The van der Waals surface area contributed by atoms with Crippen molar-refractivity contribution in [2.75, 3.05) is 7.11 Å². The van der Waals surface area contributed by atoms with Gasteiger partial charge in [-0.3, -0.25) is 0 Å². The lowest BCUT2D eigenvalue weighted by Gasteiger charge is -2.12. The first-order valence-electron chi connectivity index (χ1n) is 3.77. The number of ether oxygens (including phenoxy) is 1. The van der Waals surface area contributed by atoms with Gasteiger partial charge in [-0.05, 0) is 19.1 Å². The van der Waals surface area contributed by atoms with E-state index in [0.29, 0.717) is 16.3 Å². The van der Waals surface area contributed by atoms with Gasteiger partial charge >= 0.3 is 0 Å². The topological polar surface area (TPSA) is 29.5 Å². The van der Waals surface area contributed by atoms with Crippen LogP contribution in [0.25, 0.3) is 0 Å². The van der Waals surface area contributed by atoms with Gasteiger partial charge in [-0.1, -0.05) is 27.5 Å². The van der Waals surface area contributed by atoms with Crippen molar-refractivity contribution in [2.45, 2.75) is 13.0 Å². The van der Waals surface area contributed by atoms with E-state index in [-0.39, 0.29) is 0 Å². The second-order valence-corrected chi connectivity index (χ2v) is 4.01. The van der Waals surface area contributed by atoms with E-state index in [9.17, 15) is 5.11 Å². The van der Waals surface area contributed by atoms with E-state index in [1.54, 1.807) is 19.1 Å². The van der Waals surface area contributed by atoms with E-state index in [1.165, 1.54) is 7.11 Å². The van der Waals surface area contributed by atoms with Crippen LogP contribution < -0.4 is 4.74 Å². The first kappa shape index (κ1) is 10.8. The highest BCUT2D eigenvalue weighted by molar-refractivity contribution is 9.10. The number of halogens is 2. The Hall–Kier alpha value is -0.250. The minimum atomic E-state index is -0.593. The van der Waals surface area contributed by atoms with Crippen LogP contribution in [0.3, 0.4) is 0 Å². The predicted molar refractivity (Wildman–Crippen MR) is 56.3 cm³/mol. The van der Waals surface area contributed by atoms with Crippen LogP contribution in [-0.4, -0.2) is 12.2 Å². The Morgan fingerprint density at radius 1 is 1.54 bits per heavy atom. The lowest BCUT2D eigenvalue weighted by atomic mass is 10.1. The lowest BCUT2D eigenvalue weighted by molar-refractivity contribution is 0.194. The maximum Gasteiger partial charge on any atom is 0.143 e. The number of aliphatic hydroxyl groups excluding tert-OH is 1. The molecule has 13 heavy (non-hydrogen) atoms. The van der Waals surface area contributed by atoms with Gasteiger partial charge in [0.1, 0.15) is 5.75 Å². The third kappa shape index (κ3) is 2.36. The second-order valence-electron chi connectivity index (χ2n) is 2.69. The van der Waals surface area contributed by atoms with Crippen molar-refractivity contribution >= 4 is 27.5 Å². The predicted octanol–water partition coefficient (Wildman–Crippen LogP) is 3.16. The lowest BCUT2D eigenvalue weighted by Crippen LogP contribution is -1.97. The fourth-order valence-electron chi connectivity index (χ4n) is 1.11. The normalized spacial score (nSPS) is 12.7. The summed E-state index contributed by atoms with van der Waals surface area (Å²) in [7, 11) is 1.53. The first-order chi connectivity index (χ1) is 6.06. The highest BCUT2D eigenvalue weighted by atomic mass is 79.9. The Balaban J connectivity index is 3.29. The van der Waals surface area contributed by atoms with Crippen molar-refractivity contribution < 1.29 is 9.84 Å². The quantitative estimate of drug-likeness (QED) is 0.890. The molecule has 1 aromatic rings.